The number of hydrogen-bond donors (Lipinski definition) is 0. The Kier molecular flexibility index (Phi) is 7.02. The molecular formula is C20H30O. The Morgan fingerprint density at radius 2 is 1.81 bits per heavy atom. The Morgan fingerprint density at radius 1 is 1.10 bits per heavy atom. The Labute approximate surface area is 130 Å². The molecule has 0 unspecified atom stereocenters. The molecule has 0 amide bonds. The fourth-order valence-corrected chi connectivity index (χ4v) is 3.24. The summed E-state index contributed by atoms with van der Waals surface area (Å²) in [5, 5.41) is 0. The molecule has 0 radical (unpaired) electrons. The molecule has 1 aliphatic rings. The van der Waals surface area contributed by atoms with Gasteiger partial charge in [-0.05, 0) is 62.0 Å². The van der Waals surface area contributed by atoms with E-state index in [4.69, 9.17) is 4.74 Å². The summed E-state index contributed by atoms with van der Waals surface area (Å²) in [6.07, 6.45) is 12.3. The first kappa shape index (κ1) is 16.3. The van der Waals surface area contributed by atoms with Crippen molar-refractivity contribution in [3.63, 3.8) is 0 Å². The highest BCUT2D eigenvalue weighted by Crippen LogP contribution is 2.36. The quantitative estimate of drug-likeness (QED) is 0.451. The molecule has 0 atom stereocenters. The summed E-state index contributed by atoms with van der Waals surface area (Å²) in [4.78, 5) is 0. The maximum absolute atomic E-state index is 5.68. The van der Waals surface area contributed by atoms with Gasteiger partial charge in [0.05, 0.1) is 6.61 Å². The van der Waals surface area contributed by atoms with Crippen LogP contribution in [0.3, 0.4) is 0 Å². The molecule has 116 valence electrons. The van der Waals surface area contributed by atoms with Crippen LogP contribution in [0.1, 0.15) is 69.4 Å². The minimum Gasteiger partial charge on any atom is -0.377 e. The van der Waals surface area contributed by atoms with Crippen molar-refractivity contribution < 1.29 is 4.74 Å². The molecular weight excluding hydrogens is 256 g/mol. The molecule has 1 fully saturated rings. The number of rotatable bonds is 7. The molecule has 0 bridgehead atoms. The van der Waals surface area contributed by atoms with Gasteiger partial charge in [-0.3, -0.25) is 0 Å². The third-order valence-corrected chi connectivity index (χ3v) is 4.60. The summed E-state index contributed by atoms with van der Waals surface area (Å²) in [5.74, 6) is 1.58. The topological polar surface area (TPSA) is 9.23 Å². The molecule has 2 rings (SSSR count). The van der Waals surface area contributed by atoms with Crippen LogP contribution in [0.4, 0.5) is 0 Å². The Hall–Kier alpha value is -1.08. The number of benzene rings is 1. The molecule has 0 saturated heterocycles. The number of unbranched alkanes of at least 4 members (excludes halogenated alkanes) is 1. The fourth-order valence-electron chi connectivity index (χ4n) is 3.24. The zero-order chi connectivity index (χ0) is 14.9. The van der Waals surface area contributed by atoms with Gasteiger partial charge in [0, 0.05) is 6.61 Å². The fraction of sp³-hybridized carbons (Fsp3) is 0.600. The maximum Gasteiger partial charge on any atom is 0.0716 e. The first-order chi connectivity index (χ1) is 10.3. The smallest absolute Gasteiger partial charge is 0.0716 e. The van der Waals surface area contributed by atoms with Gasteiger partial charge in [0.1, 0.15) is 0 Å². The van der Waals surface area contributed by atoms with E-state index in [1.807, 2.05) is 0 Å². The van der Waals surface area contributed by atoms with E-state index in [0.717, 1.165) is 31.5 Å². The molecule has 1 aromatic rings. The maximum atomic E-state index is 5.68. The molecule has 0 aliphatic heterocycles. The van der Waals surface area contributed by atoms with E-state index in [9.17, 15) is 0 Å². The van der Waals surface area contributed by atoms with Gasteiger partial charge >= 0.3 is 0 Å². The second kappa shape index (κ2) is 9.04. The molecule has 0 aromatic heterocycles. The Bertz CT molecular complexity index is 410. The average Bonchev–Trinajstić information content (AvgIpc) is 2.53. The van der Waals surface area contributed by atoms with Crippen molar-refractivity contribution in [1.82, 2.24) is 0 Å². The van der Waals surface area contributed by atoms with Gasteiger partial charge in [0.2, 0.25) is 0 Å². The van der Waals surface area contributed by atoms with Crippen LogP contribution in [0.25, 0.3) is 0 Å². The van der Waals surface area contributed by atoms with Crippen molar-refractivity contribution in [3.05, 3.63) is 47.5 Å². The SMILES string of the molecule is C/C=C\C1CCC(c2ccc(COCCCC)cc2)CC1. The minimum absolute atomic E-state index is 0.758. The van der Waals surface area contributed by atoms with Crippen LogP contribution in [-0.2, 0) is 11.3 Å². The number of hydrogen-bond acceptors (Lipinski definition) is 1. The highest BCUT2D eigenvalue weighted by atomic mass is 16.5. The van der Waals surface area contributed by atoms with Gasteiger partial charge in [0.15, 0.2) is 0 Å². The first-order valence-electron chi connectivity index (χ1n) is 8.63. The van der Waals surface area contributed by atoms with Gasteiger partial charge in [-0.25, -0.2) is 0 Å². The van der Waals surface area contributed by atoms with Crippen LogP contribution in [-0.4, -0.2) is 6.61 Å². The number of ether oxygens (including phenoxy) is 1. The van der Waals surface area contributed by atoms with Crippen molar-refractivity contribution in [2.45, 2.75) is 64.9 Å². The zero-order valence-electron chi connectivity index (χ0n) is 13.7. The Morgan fingerprint density at radius 3 is 2.43 bits per heavy atom. The normalized spacial score (nSPS) is 22.8. The first-order valence-corrected chi connectivity index (χ1v) is 8.63. The van der Waals surface area contributed by atoms with Crippen LogP contribution in [0.5, 0.6) is 0 Å². The van der Waals surface area contributed by atoms with Crippen LogP contribution in [0, 0.1) is 5.92 Å². The molecule has 21 heavy (non-hydrogen) atoms. The predicted molar refractivity (Wildman–Crippen MR) is 90.5 cm³/mol. The van der Waals surface area contributed by atoms with E-state index in [-0.39, 0.29) is 0 Å². The van der Waals surface area contributed by atoms with E-state index in [1.165, 1.54) is 43.2 Å². The molecule has 0 heterocycles. The molecule has 1 nitrogen and oxygen atoms in total. The zero-order valence-corrected chi connectivity index (χ0v) is 13.7. The largest absolute Gasteiger partial charge is 0.377 e. The standard InChI is InChI=1S/C20H30O/c1-3-5-15-21-16-18-9-13-20(14-10-18)19-11-7-17(6-4-2)8-12-19/h4,6,9-10,13-14,17,19H,3,5,7-8,11-12,15-16H2,1-2H3/b6-4-. The highest BCUT2D eigenvalue weighted by molar-refractivity contribution is 5.25. The highest BCUT2D eigenvalue weighted by Gasteiger charge is 2.20. The summed E-state index contributed by atoms with van der Waals surface area (Å²) >= 11 is 0. The predicted octanol–water partition coefficient (Wildman–Crippen LogP) is 5.85. The van der Waals surface area contributed by atoms with E-state index >= 15 is 0 Å². The van der Waals surface area contributed by atoms with Crippen molar-refractivity contribution in [2.75, 3.05) is 6.61 Å². The van der Waals surface area contributed by atoms with Crippen molar-refractivity contribution >= 4 is 0 Å². The van der Waals surface area contributed by atoms with Gasteiger partial charge in [0.25, 0.3) is 0 Å². The summed E-state index contributed by atoms with van der Waals surface area (Å²) in [5.41, 5.74) is 2.82. The summed E-state index contributed by atoms with van der Waals surface area (Å²) < 4.78 is 5.68. The molecule has 1 aliphatic carbocycles. The lowest BCUT2D eigenvalue weighted by Crippen LogP contribution is -2.11. The molecule has 0 spiro atoms. The van der Waals surface area contributed by atoms with Gasteiger partial charge in [-0.1, -0.05) is 49.8 Å². The minimum atomic E-state index is 0.758. The lowest BCUT2D eigenvalue weighted by atomic mass is 9.78. The second-order valence-electron chi connectivity index (χ2n) is 6.29. The van der Waals surface area contributed by atoms with Crippen LogP contribution < -0.4 is 0 Å². The van der Waals surface area contributed by atoms with E-state index < -0.39 is 0 Å². The van der Waals surface area contributed by atoms with E-state index in [1.54, 1.807) is 0 Å². The lowest BCUT2D eigenvalue weighted by Gasteiger charge is -2.27. The van der Waals surface area contributed by atoms with Crippen molar-refractivity contribution in [2.24, 2.45) is 5.92 Å². The van der Waals surface area contributed by atoms with Gasteiger partial charge < -0.3 is 4.74 Å². The van der Waals surface area contributed by atoms with Gasteiger partial charge in [-0.15, -0.1) is 0 Å². The van der Waals surface area contributed by atoms with Crippen molar-refractivity contribution in [3.8, 4) is 0 Å². The van der Waals surface area contributed by atoms with Crippen LogP contribution in [0.2, 0.25) is 0 Å². The summed E-state index contributed by atoms with van der Waals surface area (Å²) in [6, 6.07) is 9.14. The third-order valence-electron chi connectivity index (χ3n) is 4.60. The molecule has 0 N–H and O–H groups in total. The second-order valence-corrected chi connectivity index (χ2v) is 6.29. The molecule has 1 aromatic carbocycles. The lowest BCUT2D eigenvalue weighted by molar-refractivity contribution is 0.118. The van der Waals surface area contributed by atoms with E-state index in [0.29, 0.717) is 0 Å². The third kappa shape index (κ3) is 5.32. The average molecular weight is 286 g/mol. The monoisotopic (exact) mass is 286 g/mol. The molecule has 1 heteroatoms. The van der Waals surface area contributed by atoms with Crippen LogP contribution >= 0.6 is 0 Å². The summed E-state index contributed by atoms with van der Waals surface area (Å²) in [7, 11) is 0. The summed E-state index contributed by atoms with van der Waals surface area (Å²) in [6.45, 7) is 5.97. The Balaban J connectivity index is 1.79. The molecule has 1 saturated carbocycles. The van der Waals surface area contributed by atoms with Gasteiger partial charge in [-0.2, -0.15) is 0 Å². The van der Waals surface area contributed by atoms with Crippen LogP contribution in [0.15, 0.2) is 36.4 Å². The van der Waals surface area contributed by atoms with Crippen molar-refractivity contribution in [1.29, 1.82) is 0 Å². The number of allylic oxidation sites excluding steroid dienone is 2. The van der Waals surface area contributed by atoms with E-state index in [2.05, 4.69) is 50.3 Å².